The van der Waals surface area contributed by atoms with E-state index in [4.69, 9.17) is 15.1 Å². The smallest absolute Gasteiger partial charge is 0.150 e. The summed E-state index contributed by atoms with van der Waals surface area (Å²) in [7, 11) is 0. The van der Waals surface area contributed by atoms with Gasteiger partial charge in [0.25, 0.3) is 0 Å². The molecule has 0 aliphatic carbocycles. The maximum atomic E-state index is 5.08. The number of nitrogens with one attached hydrogen (secondary N) is 1. The highest BCUT2D eigenvalue weighted by atomic mass is 15.3. The van der Waals surface area contributed by atoms with Crippen molar-refractivity contribution in [1.82, 2.24) is 29.1 Å². The molecule has 0 aliphatic rings. The Hall–Kier alpha value is -4.45. The minimum absolute atomic E-state index is 0.822. The van der Waals surface area contributed by atoms with E-state index in [2.05, 4.69) is 59.6 Å². The summed E-state index contributed by atoms with van der Waals surface area (Å²) in [6.45, 7) is 4.22. The fraction of sp³-hybridized carbons (Fsp3) is 0.0741. The molecule has 0 radical (unpaired) electrons. The summed E-state index contributed by atoms with van der Waals surface area (Å²) in [6, 6.07) is 26.6. The van der Waals surface area contributed by atoms with Crippen molar-refractivity contribution in [2.45, 2.75) is 13.8 Å². The molecule has 33 heavy (non-hydrogen) atoms. The fourth-order valence-corrected chi connectivity index (χ4v) is 4.97. The van der Waals surface area contributed by atoms with Gasteiger partial charge in [0, 0.05) is 5.39 Å². The average Bonchev–Trinajstić information content (AvgIpc) is 3.52. The number of nitrogens with zero attached hydrogens (tertiary/aromatic N) is 5. The van der Waals surface area contributed by atoms with Crippen LogP contribution in [0.15, 0.2) is 78.9 Å². The third-order valence-electron chi connectivity index (χ3n) is 6.41. The van der Waals surface area contributed by atoms with E-state index in [9.17, 15) is 0 Å². The van der Waals surface area contributed by atoms with Gasteiger partial charge in [-0.05, 0) is 55.8 Å². The highest BCUT2D eigenvalue weighted by Crippen LogP contribution is 2.37. The van der Waals surface area contributed by atoms with E-state index in [1.165, 1.54) is 0 Å². The normalized spacial score (nSPS) is 11.9. The molecule has 7 aromatic rings. The van der Waals surface area contributed by atoms with Crippen molar-refractivity contribution in [1.29, 1.82) is 0 Å². The van der Waals surface area contributed by atoms with Gasteiger partial charge in [0.15, 0.2) is 11.3 Å². The number of benzene rings is 3. The van der Waals surface area contributed by atoms with E-state index >= 15 is 0 Å². The monoisotopic (exact) mass is 428 g/mol. The summed E-state index contributed by atoms with van der Waals surface area (Å²) in [4.78, 5) is 13.5. The van der Waals surface area contributed by atoms with Crippen LogP contribution in [-0.2, 0) is 0 Å². The molecule has 0 amide bonds. The zero-order valence-electron chi connectivity index (χ0n) is 18.2. The van der Waals surface area contributed by atoms with Crippen LogP contribution in [0.4, 0.5) is 0 Å². The lowest BCUT2D eigenvalue weighted by molar-refractivity contribution is 0.873. The molecule has 6 heteroatoms. The number of fused-ring (bicyclic) bond motifs is 6. The van der Waals surface area contributed by atoms with Gasteiger partial charge in [-0.15, -0.1) is 0 Å². The van der Waals surface area contributed by atoms with E-state index < -0.39 is 0 Å². The van der Waals surface area contributed by atoms with Crippen LogP contribution < -0.4 is 0 Å². The van der Waals surface area contributed by atoms with Gasteiger partial charge in [-0.25, -0.2) is 14.6 Å². The Labute approximate surface area is 189 Å². The number of aromatic nitrogens is 6. The number of hydrogen-bond acceptors (Lipinski definition) is 3. The van der Waals surface area contributed by atoms with Crippen LogP contribution in [0.5, 0.6) is 0 Å². The van der Waals surface area contributed by atoms with Crippen LogP contribution in [0, 0.1) is 13.8 Å². The predicted octanol–water partition coefficient (Wildman–Crippen LogP) is 5.99. The van der Waals surface area contributed by atoms with Crippen LogP contribution in [0.2, 0.25) is 0 Å². The van der Waals surface area contributed by atoms with E-state index in [1.807, 2.05) is 47.1 Å². The number of imidazole rings is 2. The number of hydrogen-bond donors (Lipinski definition) is 1. The Bertz CT molecular complexity index is 1800. The summed E-state index contributed by atoms with van der Waals surface area (Å²) in [6.07, 6.45) is 0. The first-order chi connectivity index (χ1) is 16.2. The first-order valence-electron chi connectivity index (χ1n) is 11.0. The van der Waals surface area contributed by atoms with Crippen molar-refractivity contribution in [3.05, 3.63) is 90.1 Å². The molecule has 4 heterocycles. The molecule has 0 bridgehead atoms. The number of aromatic amines is 1. The second-order valence-electron chi connectivity index (χ2n) is 8.39. The Balaban J connectivity index is 1.71. The zero-order chi connectivity index (χ0) is 22.1. The van der Waals surface area contributed by atoms with Crippen LogP contribution in [0.25, 0.3) is 55.8 Å². The molecule has 4 aromatic heterocycles. The molecule has 6 nitrogen and oxygen atoms in total. The molecular weight excluding hydrogens is 408 g/mol. The molecule has 0 atom stereocenters. The van der Waals surface area contributed by atoms with Gasteiger partial charge in [0.2, 0.25) is 0 Å². The molecule has 0 fully saturated rings. The summed E-state index contributed by atoms with van der Waals surface area (Å²) >= 11 is 0. The molecule has 0 aliphatic heterocycles. The maximum absolute atomic E-state index is 5.08. The van der Waals surface area contributed by atoms with Gasteiger partial charge in [0.05, 0.1) is 39.0 Å². The van der Waals surface area contributed by atoms with Gasteiger partial charge in [-0.2, -0.15) is 5.10 Å². The first kappa shape index (κ1) is 18.2. The highest BCUT2D eigenvalue weighted by Gasteiger charge is 2.24. The molecule has 0 unspecified atom stereocenters. The highest BCUT2D eigenvalue weighted by molar-refractivity contribution is 6.00. The van der Waals surface area contributed by atoms with Crippen LogP contribution in [-0.4, -0.2) is 29.1 Å². The molecule has 0 saturated heterocycles. The lowest BCUT2D eigenvalue weighted by atomic mass is 10.1. The Morgan fingerprint density at radius 2 is 1.48 bits per heavy atom. The third kappa shape index (κ3) is 2.46. The Morgan fingerprint density at radius 1 is 0.758 bits per heavy atom. The summed E-state index contributed by atoms with van der Waals surface area (Å²) in [5, 5.41) is 6.09. The van der Waals surface area contributed by atoms with E-state index in [0.717, 1.165) is 67.1 Å². The maximum Gasteiger partial charge on any atom is 0.150 e. The topological polar surface area (TPSA) is 63.8 Å². The second-order valence-corrected chi connectivity index (χ2v) is 8.39. The van der Waals surface area contributed by atoms with E-state index in [-0.39, 0.29) is 0 Å². The molecule has 1 N–H and O–H groups in total. The lowest BCUT2D eigenvalue weighted by Crippen LogP contribution is -2.03. The third-order valence-corrected chi connectivity index (χ3v) is 6.41. The first-order valence-corrected chi connectivity index (χ1v) is 11.0. The van der Waals surface area contributed by atoms with Crippen molar-refractivity contribution in [2.75, 3.05) is 0 Å². The van der Waals surface area contributed by atoms with Gasteiger partial charge >= 0.3 is 0 Å². The fourth-order valence-electron chi connectivity index (χ4n) is 4.97. The number of rotatable bonds is 2. The van der Waals surface area contributed by atoms with Crippen molar-refractivity contribution in [3.8, 4) is 17.1 Å². The van der Waals surface area contributed by atoms with Crippen LogP contribution in [0.3, 0.4) is 0 Å². The minimum Gasteiger partial charge on any atom is -0.338 e. The minimum atomic E-state index is 0.822. The van der Waals surface area contributed by atoms with Gasteiger partial charge < -0.3 is 4.98 Å². The molecule has 7 rings (SSSR count). The van der Waals surface area contributed by atoms with Gasteiger partial charge in [-0.3, -0.25) is 4.40 Å². The van der Waals surface area contributed by atoms with Crippen molar-refractivity contribution in [3.63, 3.8) is 0 Å². The molecule has 158 valence electrons. The summed E-state index contributed by atoms with van der Waals surface area (Å²) in [5.74, 6) is 0.822. The summed E-state index contributed by atoms with van der Waals surface area (Å²) in [5.41, 5.74) is 9.95. The van der Waals surface area contributed by atoms with Crippen LogP contribution >= 0.6 is 0 Å². The SMILES string of the molecule is Cc1nn(-c2ccccc2)c2c1c(C)c(-c1nc3ccccc3[nH]1)c1nc3ccccc3n12. The van der Waals surface area contributed by atoms with Crippen molar-refractivity contribution >= 4 is 38.7 Å². The largest absolute Gasteiger partial charge is 0.338 e. The quantitative estimate of drug-likeness (QED) is 0.368. The molecule has 0 spiro atoms. The van der Waals surface area contributed by atoms with E-state index in [0.29, 0.717) is 0 Å². The van der Waals surface area contributed by atoms with Crippen LogP contribution in [0.1, 0.15) is 11.3 Å². The predicted molar refractivity (Wildman–Crippen MR) is 132 cm³/mol. The average molecular weight is 428 g/mol. The zero-order valence-corrected chi connectivity index (χ0v) is 18.2. The lowest BCUT2D eigenvalue weighted by Gasteiger charge is -2.11. The second kappa shape index (κ2) is 6.53. The summed E-state index contributed by atoms with van der Waals surface area (Å²) < 4.78 is 4.26. The molecule has 0 saturated carbocycles. The molecular formula is C27H20N6. The van der Waals surface area contributed by atoms with Crippen molar-refractivity contribution < 1.29 is 0 Å². The number of H-pyrrole nitrogens is 1. The van der Waals surface area contributed by atoms with Gasteiger partial charge in [0.1, 0.15) is 5.82 Å². The number of aryl methyl sites for hydroxylation is 2. The number of para-hydroxylation sites is 5. The van der Waals surface area contributed by atoms with Crippen molar-refractivity contribution in [2.24, 2.45) is 0 Å². The van der Waals surface area contributed by atoms with E-state index in [1.54, 1.807) is 0 Å². The Kier molecular flexibility index (Phi) is 3.59. The standard InChI is InChI=1S/C27H20N6/c1-16-23-17(2)31-33(18-10-4-3-5-11-18)27(23)32-22-15-9-8-14-21(22)30-26(32)24(16)25-28-19-12-6-7-13-20(19)29-25/h3-15H,1-2H3,(H,28,29). The number of pyridine rings is 1. The molecule has 3 aromatic carbocycles. The Morgan fingerprint density at radius 3 is 2.30 bits per heavy atom. The van der Waals surface area contributed by atoms with Gasteiger partial charge in [-0.1, -0.05) is 42.5 Å².